The molecule has 0 radical (unpaired) electrons. The smallest absolute Gasteiger partial charge is 0.225 e. The van der Waals surface area contributed by atoms with Crippen LogP contribution < -0.4 is 4.90 Å². The number of amides is 1. The molecule has 0 N–H and O–H groups in total. The van der Waals surface area contributed by atoms with E-state index in [0.29, 0.717) is 5.91 Å². The molecular weight excluding hydrogens is 286 g/mol. The average Bonchev–Trinajstić information content (AvgIpc) is 2.62. The van der Waals surface area contributed by atoms with Gasteiger partial charge >= 0.3 is 0 Å². The number of carbonyl (C=O) groups excluding carboxylic acids is 1. The summed E-state index contributed by atoms with van der Waals surface area (Å²) in [5, 5.41) is 0. The van der Waals surface area contributed by atoms with Crippen LogP contribution in [0.15, 0.2) is 24.4 Å². The molecule has 1 aromatic rings. The summed E-state index contributed by atoms with van der Waals surface area (Å²) in [5.41, 5.74) is 0. The number of anilines is 1. The van der Waals surface area contributed by atoms with Crippen LogP contribution in [0, 0.1) is 17.8 Å². The van der Waals surface area contributed by atoms with Crippen LogP contribution in [-0.2, 0) is 4.79 Å². The maximum absolute atomic E-state index is 12.8. The third-order valence-electron chi connectivity index (χ3n) is 5.63. The monoisotopic (exact) mass is 315 g/mol. The molecule has 1 saturated carbocycles. The first-order chi connectivity index (χ1) is 11.1. The van der Waals surface area contributed by atoms with Gasteiger partial charge in [-0.25, -0.2) is 4.98 Å². The number of rotatable bonds is 3. The highest BCUT2D eigenvalue weighted by atomic mass is 16.2. The zero-order valence-electron chi connectivity index (χ0n) is 14.4. The molecule has 1 saturated heterocycles. The Labute approximate surface area is 139 Å². The SMILES string of the molecule is CC(C)C1CCC(C(=O)N2CCN(c3ccccn3)CC2)CC1. The van der Waals surface area contributed by atoms with E-state index in [0.717, 1.165) is 56.7 Å². The first kappa shape index (κ1) is 16.3. The van der Waals surface area contributed by atoms with Crippen molar-refractivity contribution in [1.29, 1.82) is 0 Å². The number of nitrogens with zero attached hydrogens (tertiary/aromatic N) is 3. The lowest BCUT2D eigenvalue weighted by Gasteiger charge is -2.38. The van der Waals surface area contributed by atoms with Crippen molar-refractivity contribution < 1.29 is 4.79 Å². The predicted octanol–water partition coefficient (Wildman–Crippen LogP) is 3.19. The van der Waals surface area contributed by atoms with Crippen LogP contribution in [0.25, 0.3) is 0 Å². The van der Waals surface area contributed by atoms with Crippen LogP contribution >= 0.6 is 0 Å². The second-order valence-corrected chi connectivity index (χ2v) is 7.36. The maximum Gasteiger partial charge on any atom is 0.225 e. The molecule has 0 spiro atoms. The summed E-state index contributed by atoms with van der Waals surface area (Å²) < 4.78 is 0. The van der Waals surface area contributed by atoms with Gasteiger partial charge in [0.15, 0.2) is 0 Å². The molecule has 0 atom stereocenters. The van der Waals surface area contributed by atoms with Gasteiger partial charge < -0.3 is 9.80 Å². The third-order valence-corrected chi connectivity index (χ3v) is 5.63. The number of piperazine rings is 1. The van der Waals surface area contributed by atoms with Gasteiger partial charge in [-0.1, -0.05) is 19.9 Å². The van der Waals surface area contributed by atoms with Crippen molar-refractivity contribution in [3.63, 3.8) is 0 Å². The highest BCUT2D eigenvalue weighted by Crippen LogP contribution is 2.34. The molecule has 1 amide bonds. The van der Waals surface area contributed by atoms with E-state index in [1.807, 2.05) is 24.4 Å². The molecule has 23 heavy (non-hydrogen) atoms. The fourth-order valence-electron chi connectivity index (χ4n) is 3.99. The van der Waals surface area contributed by atoms with Crippen molar-refractivity contribution in [2.75, 3.05) is 31.1 Å². The average molecular weight is 315 g/mol. The summed E-state index contributed by atoms with van der Waals surface area (Å²) in [6.07, 6.45) is 6.45. The Morgan fingerprint density at radius 3 is 2.35 bits per heavy atom. The van der Waals surface area contributed by atoms with Crippen LogP contribution in [0.2, 0.25) is 0 Å². The molecule has 2 heterocycles. The Kier molecular flexibility index (Phi) is 5.19. The van der Waals surface area contributed by atoms with Gasteiger partial charge in [0.05, 0.1) is 0 Å². The Balaban J connectivity index is 1.49. The fraction of sp³-hybridized carbons (Fsp3) is 0.684. The van der Waals surface area contributed by atoms with Crippen molar-refractivity contribution in [2.45, 2.75) is 39.5 Å². The van der Waals surface area contributed by atoms with Crippen LogP contribution in [-0.4, -0.2) is 42.0 Å². The van der Waals surface area contributed by atoms with E-state index in [2.05, 4.69) is 28.6 Å². The quantitative estimate of drug-likeness (QED) is 0.859. The molecule has 126 valence electrons. The summed E-state index contributed by atoms with van der Waals surface area (Å²) in [4.78, 5) is 21.5. The van der Waals surface area contributed by atoms with Gasteiger partial charge in [-0.3, -0.25) is 4.79 Å². The molecule has 0 bridgehead atoms. The van der Waals surface area contributed by atoms with Crippen LogP contribution in [0.3, 0.4) is 0 Å². The van der Waals surface area contributed by atoms with E-state index in [1.165, 1.54) is 12.8 Å². The Morgan fingerprint density at radius 1 is 1.09 bits per heavy atom. The maximum atomic E-state index is 12.8. The molecular formula is C19H29N3O. The third kappa shape index (κ3) is 3.85. The van der Waals surface area contributed by atoms with E-state index < -0.39 is 0 Å². The minimum atomic E-state index is 0.270. The fourth-order valence-corrected chi connectivity index (χ4v) is 3.99. The number of carbonyl (C=O) groups is 1. The van der Waals surface area contributed by atoms with Crippen LogP contribution in [0.4, 0.5) is 5.82 Å². The van der Waals surface area contributed by atoms with Crippen molar-refractivity contribution in [2.24, 2.45) is 17.8 Å². The van der Waals surface area contributed by atoms with Gasteiger partial charge in [0, 0.05) is 38.3 Å². The van der Waals surface area contributed by atoms with Crippen LogP contribution in [0.5, 0.6) is 0 Å². The Bertz CT molecular complexity index is 501. The van der Waals surface area contributed by atoms with Gasteiger partial charge in [-0.2, -0.15) is 0 Å². The predicted molar refractivity (Wildman–Crippen MR) is 93.3 cm³/mol. The summed E-state index contributed by atoms with van der Waals surface area (Å²) in [6, 6.07) is 6.01. The molecule has 2 fully saturated rings. The summed E-state index contributed by atoms with van der Waals surface area (Å²) in [5.74, 6) is 3.27. The van der Waals surface area contributed by atoms with Gasteiger partial charge in [0.2, 0.25) is 5.91 Å². The topological polar surface area (TPSA) is 36.4 Å². The number of hydrogen-bond donors (Lipinski definition) is 0. The molecule has 0 unspecified atom stereocenters. The molecule has 1 aliphatic heterocycles. The number of hydrogen-bond acceptors (Lipinski definition) is 3. The van der Waals surface area contributed by atoms with E-state index in [-0.39, 0.29) is 5.92 Å². The molecule has 2 aliphatic rings. The summed E-state index contributed by atoms with van der Waals surface area (Å²) >= 11 is 0. The number of aromatic nitrogens is 1. The summed E-state index contributed by atoms with van der Waals surface area (Å²) in [7, 11) is 0. The lowest BCUT2D eigenvalue weighted by Crippen LogP contribution is -2.51. The Morgan fingerprint density at radius 2 is 1.78 bits per heavy atom. The van der Waals surface area contributed by atoms with Crippen molar-refractivity contribution in [3.05, 3.63) is 24.4 Å². The van der Waals surface area contributed by atoms with Gasteiger partial charge in [-0.15, -0.1) is 0 Å². The first-order valence-corrected chi connectivity index (χ1v) is 9.10. The lowest BCUT2D eigenvalue weighted by atomic mass is 9.76. The molecule has 3 rings (SSSR count). The molecule has 4 nitrogen and oxygen atoms in total. The molecule has 1 aromatic heterocycles. The number of pyridine rings is 1. The van der Waals surface area contributed by atoms with E-state index in [4.69, 9.17) is 0 Å². The second kappa shape index (κ2) is 7.33. The van der Waals surface area contributed by atoms with E-state index >= 15 is 0 Å². The molecule has 4 heteroatoms. The van der Waals surface area contributed by atoms with Crippen LogP contribution in [0.1, 0.15) is 39.5 Å². The molecule has 1 aliphatic carbocycles. The van der Waals surface area contributed by atoms with Crippen molar-refractivity contribution in [3.8, 4) is 0 Å². The van der Waals surface area contributed by atoms with Gasteiger partial charge in [0.25, 0.3) is 0 Å². The normalized spacial score (nSPS) is 25.7. The van der Waals surface area contributed by atoms with Crippen molar-refractivity contribution in [1.82, 2.24) is 9.88 Å². The molecule has 0 aromatic carbocycles. The highest BCUT2D eigenvalue weighted by Gasteiger charge is 2.31. The zero-order valence-corrected chi connectivity index (χ0v) is 14.4. The summed E-state index contributed by atoms with van der Waals surface area (Å²) in [6.45, 7) is 8.07. The lowest BCUT2D eigenvalue weighted by molar-refractivity contribution is -0.137. The Hall–Kier alpha value is -1.58. The largest absolute Gasteiger partial charge is 0.353 e. The minimum Gasteiger partial charge on any atom is -0.353 e. The standard InChI is InChI=1S/C19H29N3O/c1-15(2)16-6-8-17(9-7-16)19(23)22-13-11-21(12-14-22)18-5-3-4-10-20-18/h3-5,10,15-17H,6-9,11-14H2,1-2H3. The van der Waals surface area contributed by atoms with E-state index in [9.17, 15) is 4.79 Å². The van der Waals surface area contributed by atoms with Gasteiger partial charge in [-0.05, 0) is 49.7 Å². The van der Waals surface area contributed by atoms with Gasteiger partial charge in [0.1, 0.15) is 5.82 Å². The van der Waals surface area contributed by atoms with Crippen molar-refractivity contribution >= 4 is 11.7 Å². The zero-order chi connectivity index (χ0) is 16.2. The minimum absolute atomic E-state index is 0.270. The van der Waals surface area contributed by atoms with E-state index in [1.54, 1.807) is 0 Å². The first-order valence-electron chi connectivity index (χ1n) is 9.10. The highest BCUT2D eigenvalue weighted by molar-refractivity contribution is 5.79. The second-order valence-electron chi connectivity index (χ2n) is 7.36.